The minimum atomic E-state index is -0.893. The van der Waals surface area contributed by atoms with E-state index in [0.717, 1.165) is 12.1 Å². The third-order valence-corrected chi connectivity index (χ3v) is 2.36. The zero-order valence-corrected chi connectivity index (χ0v) is 8.47. The largest absolute Gasteiger partial charge is 0.370 e. The molecule has 15 heavy (non-hydrogen) atoms. The molecule has 0 fully saturated rings. The lowest BCUT2D eigenvalue weighted by atomic mass is 9.93. The molecule has 82 valence electrons. The molecule has 0 saturated heterocycles. The zero-order chi connectivity index (χ0) is 11.4. The van der Waals surface area contributed by atoms with Crippen molar-refractivity contribution in [3.8, 4) is 0 Å². The molecular formula is C11H13F2NO. The molecule has 0 aliphatic rings. The third kappa shape index (κ3) is 3.01. The third-order valence-electron chi connectivity index (χ3n) is 2.36. The molecule has 1 amide bonds. The van der Waals surface area contributed by atoms with Crippen molar-refractivity contribution in [2.24, 2.45) is 5.73 Å². The van der Waals surface area contributed by atoms with E-state index in [2.05, 4.69) is 0 Å². The van der Waals surface area contributed by atoms with E-state index in [-0.39, 0.29) is 12.3 Å². The highest BCUT2D eigenvalue weighted by atomic mass is 19.2. The van der Waals surface area contributed by atoms with E-state index < -0.39 is 17.5 Å². The van der Waals surface area contributed by atoms with Crippen molar-refractivity contribution in [1.82, 2.24) is 0 Å². The molecule has 1 unspecified atom stereocenters. The van der Waals surface area contributed by atoms with E-state index in [1.54, 1.807) is 0 Å². The van der Waals surface area contributed by atoms with Crippen molar-refractivity contribution in [1.29, 1.82) is 0 Å². The maximum Gasteiger partial charge on any atom is 0.218 e. The Morgan fingerprint density at radius 3 is 2.53 bits per heavy atom. The number of carbonyl (C=O) groups is 1. The molecule has 1 aromatic rings. The summed E-state index contributed by atoms with van der Waals surface area (Å²) in [7, 11) is 0. The van der Waals surface area contributed by atoms with E-state index in [4.69, 9.17) is 5.73 Å². The average molecular weight is 213 g/mol. The summed E-state index contributed by atoms with van der Waals surface area (Å²) < 4.78 is 25.6. The van der Waals surface area contributed by atoms with Crippen LogP contribution < -0.4 is 5.73 Å². The molecule has 0 aliphatic carbocycles. The van der Waals surface area contributed by atoms with Crippen molar-refractivity contribution in [2.75, 3.05) is 0 Å². The summed E-state index contributed by atoms with van der Waals surface area (Å²) in [6, 6.07) is 3.66. The Balaban J connectivity index is 2.92. The van der Waals surface area contributed by atoms with Crippen LogP contribution in [-0.2, 0) is 4.79 Å². The van der Waals surface area contributed by atoms with E-state index in [9.17, 15) is 13.6 Å². The minimum Gasteiger partial charge on any atom is -0.370 e. The number of rotatable bonds is 4. The van der Waals surface area contributed by atoms with Crippen LogP contribution in [0.5, 0.6) is 0 Å². The number of primary amides is 1. The van der Waals surface area contributed by atoms with Crippen LogP contribution in [0.3, 0.4) is 0 Å². The Kier molecular flexibility index (Phi) is 3.77. The maximum atomic E-state index is 12.9. The zero-order valence-electron chi connectivity index (χ0n) is 8.47. The van der Waals surface area contributed by atoms with Crippen molar-refractivity contribution < 1.29 is 13.6 Å². The predicted molar refractivity (Wildman–Crippen MR) is 53.2 cm³/mol. The second-order valence-corrected chi connectivity index (χ2v) is 3.45. The van der Waals surface area contributed by atoms with Gasteiger partial charge in [0.05, 0.1) is 0 Å². The van der Waals surface area contributed by atoms with Gasteiger partial charge in [-0.1, -0.05) is 13.0 Å². The van der Waals surface area contributed by atoms with Crippen LogP contribution in [0.2, 0.25) is 0 Å². The Morgan fingerprint density at radius 2 is 2.07 bits per heavy atom. The fourth-order valence-corrected chi connectivity index (χ4v) is 1.51. The second-order valence-electron chi connectivity index (χ2n) is 3.45. The molecule has 0 saturated carbocycles. The minimum absolute atomic E-state index is 0.141. The first-order chi connectivity index (χ1) is 7.04. The van der Waals surface area contributed by atoms with E-state index in [0.29, 0.717) is 12.0 Å². The summed E-state index contributed by atoms with van der Waals surface area (Å²) in [5.41, 5.74) is 5.67. The first-order valence-corrected chi connectivity index (χ1v) is 4.77. The molecule has 0 spiro atoms. The standard InChI is InChI=1S/C11H13F2NO/c1-2-7(6-11(14)15)8-3-4-9(12)10(13)5-8/h3-5,7H,2,6H2,1H3,(H2,14,15). The molecule has 0 aromatic heterocycles. The molecule has 1 aromatic carbocycles. The molecule has 4 heteroatoms. The predicted octanol–water partition coefficient (Wildman–Crippen LogP) is 2.33. The topological polar surface area (TPSA) is 43.1 Å². The van der Waals surface area contributed by atoms with Gasteiger partial charge in [0.25, 0.3) is 0 Å². The van der Waals surface area contributed by atoms with E-state index in [1.807, 2.05) is 6.92 Å². The van der Waals surface area contributed by atoms with Crippen LogP contribution in [-0.4, -0.2) is 5.91 Å². The van der Waals surface area contributed by atoms with Gasteiger partial charge in [-0.2, -0.15) is 0 Å². The van der Waals surface area contributed by atoms with Gasteiger partial charge >= 0.3 is 0 Å². The summed E-state index contributed by atoms with van der Waals surface area (Å²) in [4.78, 5) is 10.7. The summed E-state index contributed by atoms with van der Waals surface area (Å²) in [6.45, 7) is 1.87. The number of carbonyl (C=O) groups excluding carboxylic acids is 1. The number of nitrogens with two attached hydrogens (primary N) is 1. The van der Waals surface area contributed by atoms with Crippen LogP contribution in [0.4, 0.5) is 8.78 Å². The maximum absolute atomic E-state index is 12.9. The molecule has 0 aliphatic heterocycles. The van der Waals surface area contributed by atoms with E-state index >= 15 is 0 Å². The average Bonchev–Trinajstić information content (AvgIpc) is 2.18. The highest BCUT2D eigenvalue weighted by Gasteiger charge is 2.14. The van der Waals surface area contributed by atoms with Gasteiger partial charge in [0, 0.05) is 6.42 Å². The first kappa shape index (κ1) is 11.6. The Morgan fingerprint density at radius 1 is 1.40 bits per heavy atom. The first-order valence-electron chi connectivity index (χ1n) is 4.77. The summed E-state index contributed by atoms with van der Waals surface area (Å²) in [5.74, 6) is -2.35. The molecular weight excluding hydrogens is 200 g/mol. The molecule has 2 nitrogen and oxygen atoms in total. The van der Waals surface area contributed by atoms with Gasteiger partial charge in [-0.05, 0) is 30.0 Å². The summed E-state index contributed by atoms with van der Waals surface area (Å²) in [6.07, 6.45) is 0.815. The van der Waals surface area contributed by atoms with Crippen LogP contribution >= 0.6 is 0 Å². The lowest BCUT2D eigenvalue weighted by Gasteiger charge is -2.13. The number of amides is 1. The molecule has 0 heterocycles. The number of hydrogen-bond donors (Lipinski definition) is 1. The Bertz CT molecular complexity index is 366. The summed E-state index contributed by atoms with van der Waals surface area (Å²) >= 11 is 0. The smallest absolute Gasteiger partial charge is 0.218 e. The quantitative estimate of drug-likeness (QED) is 0.819. The molecule has 0 bridgehead atoms. The van der Waals surface area contributed by atoms with Crippen molar-refractivity contribution in [3.63, 3.8) is 0 Å². The molecule has 2 N–H and O–H groups in total. The SMILES string of the molecule is CCC(CC(N)=O)c1ccc(F)c(F)c1. The van der Waals surface area contributed by atoms with Crippen LogP contribution in [0, 0.1) is 11.6 Å². The van der Waals surface area contributed by atoms with Gasteiger partial charge in [-0.25, -0.2) is 8.78 Å². The molecule has 1 atom stereocenters. The molecule has 1 rings (SSSR count). The fraction of sp³-hybridized carbons (Fsp3) is 0.364. The lowest BCUT2D eigenvalue weighted by Crippen LogP contribution is -2.15. The highest BCUT2D eigenvalue weighted by Crippen LogP contribution is 2.24. The van der Waals surface area contributed by atoms with E-state index in [1.165, 1.54) is 6.07 Å². The van der Waals surface area contributed by atoms with Gasteiger partial charge in [0.15, 0.2) is 11.6 Å². The van der Waals surface area contributed by atoms with Gasteiger partial charge in [0.2, 0.25) is 5.91 Å². The van der Waals surface area contributed by atoms with Crippen LogP contribution in [0.25, 0.3) is 0 Å². The lowest BCUT2D eigenvalue weighted by molar-refractivity contribution is -0.118. The Hall–Kier alpha value is -1.45. The highest BCUT2D eigenvalue weighted by molar-refractivity contribution is 5.74. The van der Waals surface area contributed by atoms with Gasteiger partial charge in [-0.15, -0.1) is 0 Å². The fourth-order valence-electron chi connectivity index (χ4n) is 1.51. The van der Waals surface area contributed by atoms with Crippen LogP contribution in [0.1, 0.15) is 31.2 Å². The Labute approximate surface area is 87.1 Å². The number of halogens is 2. The number of benzene rings is 1. The monoisotopic (exact) mass is 213 g/mol. The molecule has 0 radical (unpaired) electrons. The second kappa shape index (κ2) is 4.87. The number of hydrogen-bond acceptors (Lipinski definition) is 1. The van der Waals surface area contributed by atoms with Crippen molar-refractivity contribution in [3.05, 3.63) is 35.4 Å². The normalized spacial score (nSPS) is 12.5. The van der Waals surface area contributed by atoms with Gasteiger partial charge < -0.3 is 5.73 Å². The van der Waals surface area contributed by atoms with Crippen LogP contribution in [0.15, 0.2) is 18.2 Å². The van der Waals surface area contributed by atoms with Gasteiger partial charge in [0.1, 0.15) is 0 Å². The van der Waals surface area contributed by atoms with Crippen molar-refractivity contribution >= 4 is 5.91 Å². The van der Waals surface area contributed by atoms with Crippen molar-refractivity contribution in [2.45, 2.75) is 25.7 Å². The summed E-state index contributed by atoms with van der Waals surface area (Å²) in [5, 5.41) is 0. The van der Waals surface area contributed by atoms with Gasteiger partial charge in [-0.3, -0.25) is 4.79 Å².